The van der Waals surface area contributed by atoms with E-state index in [2.05, 4.69) is 0 Å². The van der Waals surface area contributed by atoms with Crippen LogP contribution < -0.4 is 0 Å². The second-order valence-electron chi connectivity index (χ2n) is 5.05. The first-order valence-corrected chi connectivity index (χ1v) is 8.09. The zero-order chi connectivity index (χ0) is 13.3. The topological polar surface area (TPSA) is 34.1 Å². The molecule has 1 aliphatic heterocycles. The molecule has 0 unspecified atom stereocenters. The summed E-state index contributed by atoms with van der Waals surface area (Å²) in [6.07, 6.45) is 1.28. The minimum Gasteiger partial charge on any atom is -0.228 e. The van der Waals surface area contributed by atoms with Crippen LogP contribution in [0.4, 0.5) is 0 Å². The van der Waals surface area contributed by atoms with Crippen molar-refractivity contribution in [2.24, 2.45) is 0 Å². The Morgan fingerprint density at radius 2 is 1.05 bits per heavy atom. The van der Waals surface area contributed by atoms with Crippen LogP contribution >= 0.6 is 0 Å². The van der Waals surface area contributed by atoms with Gasteiger partial charge in [-0.25, -0.2) is 8.42 Å². The smallest absolute Gasteiger partial charge is 0.159 e. The van der Waals surface area contributed by atoms with Gasteiger partial charge >= 0.3 is 0 Å². The van der Waals surface area contributed by atoms with Gasteiger partial charge in [-0.3, -0.25) is 0 Å². The van der Waals surface area contributed by atoms with E-state index in [1.807, 2.05) is 60.7 Å². The molecule has 0 aromatic heterocycles. The highest BCUT2D eigenvalue weighted by atomic mass is 32.2. The van der Waals surface area contributed by atoms with Gasteiger partial charge in [0.2, 0.25) is 0 Å². The molecular formula is C16H16O2S. The van der Waals surface area contributed by atoms with Gasteiger partial charge in [0.05, 0.1) is 10.5 Å². The molecule has 2 aromatic carbocycles. The van der Waals surface area contributed by atoms with Crippen molar-refractivity contribution in [3.05, 3.63) is 71.8 Å². The lowest BCUT2D eigenvalue weighted by Gasteiger charge is -1.98. The van der Waals surface area contributed by atoms with Crippen LogP contribution in [-0.2, 0) is 22.7 Å². The molecule has 19 heavy (non-hydrogen) atoms. The average Bonchev–Trinajstić information content (AvgIpc) is 2.93. The second kappa shape index (κ2) is 4.82. The normalized spacial score (nSPS) is 24.0. The number of rotatable bonds is 4. The van der Waals surface area contributed by atoms with E-state index in [1.165, 1.54) is 0 Å². The van der Waals surface area contributed by atoms with Crippen LogP contribution in [0.1, 0.15) is 11.1 Å². The summed E-state index contributed by atoms with van der Waals surface area (Å²) >= 11 is 0. The van der Waals surface area contributed by atoms with E-state index in [4.69, 9.17) is 0 Å². The molecule has 0 amide bonds. The van der Waals surface area contributed by atoms with Gasteiger partial charge in [-0.05, 0) is 24.0 Å². The SMILES string of the molecule is O=S1(=O)[C@@H](Cc2ccccc2)[C@@H]1Cc1ccccc1. The lowest BCUT2D eigenvalue weighted by atomic mass is 10.0. The molecule has 1 fully saturated rings. The number of hydrogen-bond donors (Lipinski definition) is 0. The van der Waals surface area contributed by atoms with E-state index in [-0.39, 0.29) is 10.5 Å². The van der Waals surface area contributed by atoms with Gasteiger partial charge in [0, 0.05) is 0 Å². The van der Waals surface area contributed by atoms with Crippen molar-refractivity contribution < 1.29 is 8.42 Å². The van der Waals surface area contributed by atoms with E-state index in [9.17, 15) is 8.42 Å². The van der Waals surface area contributed by atoms with Crippen LogP contribution in [0.2, 0.25) is 0 Å². The zero-order valence-corrected chi connectivity index (χ0v) is 11.4. The van der Waals surface area contributed by atoms with Crippen LogP contribution in [0, 0.1) is 0 Å². The molecule has 3 rings (SSSR count). The third kappa shape index (κ3) is 2.56. The molecule has 0 N–H and O–H groups in total. The number of hydrogen-bond acceptors (Lipinski definition) is 2. The Hall–Kier alpha value is -1.61. The lowest BCUT2D eigenvalue weighted by Crippen LogP contribution is -2.01. The first-order valence-electron chi connectivity index (χ1n) is 6.48. The zero-order valence-electron chi connectivity index (χ0n) is 10.6. The summed E-state index contributed by atoms with van der Waals surface area (Å²) in [6.45, 7) is 0. The fourth-order valence-corrected chi connectivity index (χ4v) is 4.65. The predicted molar refractivity (Wildman–Crippen MR) is 76.8 cm³/mol. The van der Waals surface area contributed by atoms with Crippen LogP contribution in [0.15, 0.2) is 60.7 Å². The Labute approximate surface area is 114 Å². The van der Waals surface area contributed by atoms with Crippen molar-refractivity contribution in [1.29, 1.82) is 0 Å². The quantitative estimate of drug-likeness (QED) is 0.802. The molecule has 98 valence electrons. The first-order chi connectivity index (χ1) is 9.18. The van der Waals surface area contributed by atoms with Crippen LogP contribution in [0.25, 0.3) is 0 Å². The Morgan fingerprint density at radius 3 is 1.42 bits per heavy atom. The highest BCUT2D eigenvalue weighted by molar-refractivity contribution is 8.00. The third-order valence-electron chi connectivity index (χ3n) is 3.74. The molecule has 0 radical (unpaired) electrons. The van der Waals surface area contributed by atoms with Crippen LogP contribution in [0.3, 0.4) is 0 Å². The molecule has 3 heteroatoms. The van der Waals surface area contributed by atoms with Crippen molar-refractivity contribution in [3.8, 4) is 0 Å². The predicted octanol–water partition coefficient (Wildman–Crippen LogP) is 2.64. The Balaban J connectivity index is 1.71. The monoisotopic (exact) mass is 272 g/mol. The highest BCUT2D eigenvalue weighted by Gasteiger charge is 2.56. The van der Waals surface area contributed by atoms with Gasteiger partial charge in [0.25, 0.3) is 0 Å². The summed E-state index contributed by atoms with van der Waals surface area (Å²) in [6, 6.07) is 19.7. The van der Waals surface area contributed by atoms with Crippen LogP contribution in [0.5, 0.6) is 0 Å². The Morgan fingerprint density at radius 1 is 0.684 bits per heavy atom. The second-order valence-corrected chi connectivity index (χ2v) is 7.43. The molecule has 0 saturated carbocycles. The van der Waals surface area contributed by atoms with E-state index < -0.39 is 9.84 Å². The molecule has 1 saturated heterocycles. The van der Waals surface area contributed by atoms with Crippen molar-refractivity contribution in [3.63, 3.8) is 0 Å². The lowest BCUT2D eigenvalue weighted by molar-refractivity contribution is 0.610. The molecule has 2 atom stereocenters. The molecule has 0 bridgehead atoms. The Bertz CT molecular complexity index is 594. The third-order valence-corrected chi connectivity index (χ3v) is 6.11. The van der Waals surface area contributed by atoms with Crippen LogP contribution in [-0.4, -0.2) is 18.9 Å². The number of sulfone groups is 1. The van der Waals surface area contributed by atoms with Crippen molar-refractivity contribution in [2.45, 2.75) is 23.3 Å². The average molecular weight is 272 g/mol. The summed E-state index contributed by atoms with van der Waals surface area (Å²) in [7, 11) is -2.89. The molecule has 0 aliphatic carbocycles. The minimum absolute atomic E-state index is 0.199. The summed E-state index contributed by atoms with van der Waals surface area (Å²) < 4.78 is 24.0. The van der Waals surface area contributed by atoms with E-state index in [1.54, 1.807) is 0 Å². The molecule has 2 aromatic rings. The van der Waals surface area contributed by atoms with Crippen molar-refractivity contribution in [1.82, 2.24) is 0 Å². The number of benzene rings is 2. The molecular weight excluding hydrogens is 256 g/mol. The van der Waals surface area contributed by atoms with Gasteiger partial charge in [-0.15, -0.1) is 0 Å². The fourth-order valence-electron chi connectivity index (χ4n) is 2.57. The first kappa shape index (κ1) is 12.4. The van der Waals surface area contributed by atoms with Gasteiger partial charge in [-0.1, -0.05) is 60.7 Å². The largest absolute Gasteiger partial charge is 0.228 e. The fraction of sp³-hybridized carbons (Fsp3) is 0.250. The molecule has 1 heterocycles. The van der Waals surface area contributed by atoms with Gasteiger partial charge in [0.15, 0.2) is 9.84 Å². The minimum atomic E-state index is -2.89. The summed E-state index contributed by atoms with van der Waals surface area (Å²) in [5, 5.41) is -0.398. The van der Waals surface area contributed by atoms with Gasteiger partial charge in [0.1, 0.15) is 0 Å². The maximum Gasteiger partial charge on any atom is 0.159 e. The summed E-state index contributed by atoms with van der Waals surface area (Å²) in [5.41, 5.74) is 2.21. The van der Waals surface area contributed by atoms with E-state index >= 15 is 0 Å². The summed E-state index contributed by atoms with van der Waals surface area (Å²) in [5.74, 6) is 0. The summed E-state index contributed by atoms with van der Waals surface area (Å²) in [4.78, 5) is 0. The standard InChI is InChI=1S/C16H16O2S/c17-19(18)15(11-13-7-3-1-4-8-13)16(19)12-14-9-5-2-6-10-14/h1-10,15-16H,11-12H2/t15-,16-/m0/s1. The van der Waals surface area contributed by atoms with E-state index in [0.29, 0.717) is 12.8 Å². The van der Waals surface area contributed by atoms with Crippen molar-refractivity contribution >= 4 is 9.84 Å². The van der Waals surface area contributed by atoms with Crippen molar-refractivity contribution in [2.75, 3.05) is 0 Å². The molecule has 0 spiro atoms. The van der Waals surface area contributed by atoms with Gasteiger partial charge in [-0.2, -0.15) is 0 Å². The molecule has 1 aliphatic rings. The highest BCUT2D eigenvalue weighted by Crippen LogP contribution is 2.37. The maximum atomic E-state index is 12.0. The maximum absolute atomic E-state index is 12.0. The van der Waals surface area contributed by atoms with Gasteiger partial charge < -0.3 is 0 Å². The van der Waals surface area contributed by atoms with E-state index in [0.717, 1.165) is 11.1 Å². The molecule has 2 nitrogen and oxygen atoms in total. The Kier molecular flexibility index (Phi) is 3.15.